The Morgan fingerprint density at radius 1 is 1.45 bits per heavy atom. The molecule has 3 nitrogen and oxygen atoms in total. The molecule has 1 aromatic rings. The first kappa shape index (κ1) is 14.0. The highest BCUT2D eigenvalue weighted by Gasteiger charge is 2.35. The lowest BCUT2D eigenvalue weighted by atomic mass is 9.98. The van der Waals surface area contributed by atoms with Gasteiger partial charge in [0.05, 0.1) is 18.8 Å². The second-order valence-corrected chi connectivity index (χ2v) is 5.94. The van der Waals surface area contributed by atoms with Gasteiger partial charge in [-0.15, -0.1) is 0 Å². The molecule has 0 saturated carbocycles. The van der Waals surface area contributed by atoms with E-state index < -0.39 is 0 Å². The van der Waals surface area contributed by atoms with Gasteiger partial charge in [-0.3, -0.25) is 4.90 Å². The van der Waals surface area contributed by atoms with Crippen molar-refractivity contribution in [2.24, 2.45) is 0 Å². The van der Waals surface area contributed by atoms with Gasteiger partial charge in [-0.1, -0.05) is 12.1 Å². The number of ether oxygens (including phenoxy) is 1. The molecule has 20 heavy (non-hydrogen) atoms. The Labute approximate surface area is 120 Å². The van der Waals surface area contributed by atoms with Crippen molar-refractivity contribution in [1.82, 2.24) is 10.2 Å². The molecular weight excluding hydrogens is 255 g/mol. The van der Waals surface area contributed by atoms with E-state index in [1.54, 1.807) is 13.0 Å². The molecule has 2 aliphatic heterocycles. The molecule has 1 aromatic carbocycles. The number of morpholine rings is 1. The molecule has 1 N–H and O–H groups in total. The number of halogens is 1. The van der Waals surface area contributed by atoms with E-state index in [1.807, 2.05) is 19.2 Å². The number of hydrogen-bond acceptors (Lipinski definition) is 3. The zero-order valence-corrected chi connectivity index (χ0v) is 12.2. The van der Waals surface area contributed by atoms with Crippen molar-refractivity contribution in [3.8, 4) is 0 Å². The van der Waals surface area contributed by atoms with Crippen LogP contribution < -0.4 is 5.32 Å². The number of nitrogens with one attached hydrogen (secondary N) is 1. The minimum atomic E-state index is -0.141. The van der Waals surface area contributed by atoms with Crippen LogP contribution in [0, 0.1) is 12.7 Å². The summed E-state index contributed by atoms with van der Waals surface area (Å²) in [6, 6.07) is 6.12. The number of rotatable bonds is 3. The van der Waals surface area contributed by atoms with Crippen molar-refractivity contribution in [3.05, 3.63) is 35.1 Å². The zero-order chi connectivity index (χ0) is 14.1. The normalized spacial score (nSPS) is 28.4. The van der Waals surface area contributed by atoms with Gasteiger partial charge in [-0.05, 0) is 50.6 Å². The Morgan fingerprint density at radius 2 is 2.30 bits per heavy atom. The molecule has 0 bridgehead atoms. The van der Waals surface area contributed by atoms with Crippen molar-refractivity contribution in [3.63, 3.8) is 0 Å². The largest absolute Gasteiger partial charge is 0.373 e. The van der Waals surface area contributed by atoms with Crippen molar-refractivity contribution < 1.29 is 9.13 Å². The van der Waals surface area contributed by atoms with E-state index in [0.717, 1.165) is 18.7 Å². The van der Waals surface area contributed by atoms with Gasteiger partial charge in [-0.2, -0.15) is 0 Å². The lowest BCUT2D eigenvalue weighted by molar-refractivity contribution is -0.0643. The number of benzene rings is 1. The molecule has 3 rings (SSSR count). The highest BCUT2D eigenvalue weighted by atomic mass is 19.1. The topological polar surface area (TPSA) is 24.5 Å². The molecule has 0 spiro atoms. The standard InChI is InChI=1S/C16H23FN2O/c1-11-5-6-12(8-14(11)17)16(18-2)15-9-19-7-3-4-13(19)10-20-15/h5-6,8,13,15-16,18H,3-4,7,9-10H2,1-2H3. The van der Waals surface area contributed by atoms with E-state index >= 15 is 0 Å². The highest BCUT2D eigenvalue weighted by molar-refractivity contribution is 5.26. The van der Waals surface area contributed by atoms with Crippen molar-refractivity contribution >= 4 is 0 Å². The Bertz CT molecular complexity index is 480. The number of fused-ring (bicyclic) bond motifs is 1. The predicted octanol–water partition coefficient (Wildman–Crippen LogP) is 2.26. The summed E-state index contributed by atoms with van der Waals surface area (Å²) in [5, 5.41) is 3.30. The summed E-state index contributed by atoms with van der Waals surface area (Å²) in [6.07, 6.45) is 2.61. The monoisotopic (exact) mass is 278 g/mol. The number of likely N-dealkylation sites (N-methyl/N-ethyl adjacent to an activating group) is 1. The SMILES string of the molecule is CNC(c1ccc(C)c(F)c1)C1CN2CCCC2CO1. The average molecular weight is 278 g/mol. The van der Waals surface area contributed by atoms with Crippen LogP contribution in [0.25, 0.3) is 0 Å². The molecule has 2 heterocycles. The van der Waals surface area contributed by atoms with Crippen LogP contribution in [0.2, 0.25) is 0 Å². The molecule has 2 saturated heterocycles. The van der Waals surface area contributed by atoms with E-state index in [4.69, 9.17) is 4.74 Å². The third kappa shape index (κ3) is 2.60. The predicted molar refractivity (Wildman–Crippen MR) is 77.3 cm³/mol. The molecule has 0 radical (unpaired) electrons. The maximum Gasteiger partial charge on any atom is 0.126 e. The minimum Gasteiger partial charge on any atom is -0.373 e. The fourth-order valence-electron chi connectivity index (χ4n) is 3.41. The average Bonchev–Trinajstić information content (AvgIpc) is 2.91. The molecule has 0 aromatic heterocycles. The molecule has 4 heteroatoms. The van der Waals surface area contributed by atoms with Crippen LogP contribution >= 0.6 is 0 Å². The first-order chi connectivity index (χ1) is 9.69. The van der Waals surface area contributed by atoms with Crippen molar-refractivity contribution in [1.29, 1.82) is 0 Å². The molecule has 3 unspecified atom stereocenters. The number of nitrogens with zero attached hydrogens (tertiary/aromatic N) is 1. The molecule has 110 valence electrons. The van der Waals surface area contributed by atoms with E-state index in [-0.39, 0.29) is 18.0 Å². The Kier molecular flexibility index (Phi) is 4.06. The second-order valence-electron chi connectivity index (χ2n) is 5.94. The maximum absolute atomic E-state index is 13.8. The van der Waals surface area contributed by atoms with E-state index in [2.05, 4.69) is 10.2 Å². The van der Waals surface area contributed by atoms with Gasteiger partial charge in [0.15, 0.2) is 0 Å². The van der Waals surface area contributed by atoms with Gasteiger partial charge >= 0.3 is 0 Å². The maximum atomic E-state index is 13.8. The molecule has 0 amide bonds. The van der Waals surface area contributed by atoms with Crippen LogP contribution in [0.3, 0.4) is 0 Å². The zero-order valence-electron chi connectivity index (χ0n) is 12.2. The fourth-order valence-corrected chi connectivity index (χ4v) is 3.41. The van der Waals surface area contributed by atoms with Gasteiger partial charge < -0.3 is 10.1 Å². The number of aryl methyl sites for hydroxylation is 1. The molecule has 2 fully saturated rings. The molecule has 3 atom stereocenters. The van der Waals surface area contributed by atoms with Gasteiger partial charge in [0, 0.05) is 12.6 Å². The smallest absolute Gasteiger partial charge is 0.126 e. The van der Waals surface area contributed by atoms with Crippen LogP contribution in [0.1, 0.15) is 30.0 Å². The van der Waals surface area contributed by atoms with Crippen molar-refractivity contribution in [2.75, 3.05) is 26.7 Å². The van der Waals surface area contributed by atoms with Crippen LogP contribution in [0.4, 0.5) is 4.39 Å². The molecule has 0 aliphatic carbocycles. The summed E-state index contributed by atoms with van der Waals surface area (Å²) in [4.78, 5) is 2.52. The summed E-state index contributed by atoms with van der Waals surface area (Å²) in [7, 11) is 1.92. The van der Waals surface area contributed by atoms with Crippen LogP contribution in [-0.4, -0.2) is 43.8 Å². The summed E-state index contributed by atoms with van der Waals surface area (Å²) < 4.78 is 19.8. The van der Waals surface area contributed by atoms with Gasteiger partial charge in [0.1, 0.15) is 5.82 Å². The van der Waals surface area contributed by atoms with Crippen LogP contribution in [0.5, 0.6) is 0 Å². The lowest BCUT2D eigenvalue weighted by Gasteiger charge is -2.39. The summed E-state index contributed by atoms with van der Waals surface area (Å²) in [5.74, 6) is -0.141. The second kappa shape index (κ2) is 5.80. The fraction of sp³-hybridized carbons (Fsp3) is 0.625. The quantitative estimate of drug-likeness (QED) is 0.918. The molecular formula is C16H23FN2O. The Balaban J connectivity index is 1.77. The first-order valence-corrected chi connectivity index (χ1v) is 7.48. The minimum absolute atomic E-state index is 0.0478. The van der Waals surface area contributed by atoms with Gasteiger partial charge in [-0.25, -0.2) is 4.39 Å². The van der Waals surface area contributed by atoms with Crippen LogP contribution in [0.15, 0.2) is 18.2 Å². The molecule has 2 aliphatic rings. The highest BCUT2D eigenvalue weighted by Crippen LogP contribution is 2.29. The van der Waals surface area contributed by atoms with Crippen molar-refractivity contribution in [2.45, 2.75) is 38.0 Å². The summed E-state index contributed by atoms with van der Waals surface area (Å²) >= 11 is 0. The van der Waals surface area contributed by atoms with Gasteiger partial charge in [0.2, 0.25) is 0 Å². The van der Waals surface area contributed by atoms with Crippen LogP contribution in [-0.2, 0) is 4.74 Å². The van der Waals surface area contributed by atoms with Gasteiger partial charge in [0.25, 0.3) is 0 Å². The van der Waals surface area contributed by atoms with E-state index in [0.29, 0.717) is 11.6 Å². The Hall–Kier alpha value is -0.970. The first-order valence-electron chi connectivity index (χ1n) is 7.48. The van der Waals surface area contributed by atoms with E-state index in [9.17, 15) is 4.39 Å². The Morgan fingerprint density at radius 3 is 3.05 bits per heavy atom. The number of hydrogen-bond donors (Lipinski definition) is 1. The lowest BCUT2D eigenvalue weighted by Crippen LogP contribution is -2.50. The third-order valence-electron chi connectivity index (χ3n) is 4.65. The van der Waals surface area contributed by atoms with E-state index in [1.165, 1.54) is 19.4 Å². The summed E-state index contributed by atoms with van der Waals surface area (Å²) in [6.45, 7) is 4.70. The third-order valence-corrected chi connectivity index (χ3v) is 4.65. The summed E-state index contributed by atoms with van der Waals surface area (Å²) in [5.41, 5.74) is 1.66.